The van der Waals surface area contributed by atoms with E-state index in [1.807, 2.05) is 0 Å². The van der Waals surface area contributed by atoms with E-state index in [0.29, 0.717) is 0 Å². The van der Waals surface area contributed by atoms with Gasteiger partial charge in [0.2, 0.25) is 0 Å². The molecule has 0 spiro atoms. The second-order valence-corrected chi connectivity index (χ2v) is 15.0. The van der Waals surface area contributed by atoms with Crippen LogP contribution in [-0.4, -0.2) is 7.85 Å². The highest BCUT2D eigenvalue weighted by molar-refractivity contribution is 6.32. The summed E-state index contributed by atoms with van der Waals surface area (Å²) >= 11 is 0. The maximum absolute atomic E-state index is 6.28. The molecule has 2 heteroatoms. The summed E-state index contributed by atoms with van der Waals surface area (Å²) in [6, 6.07) is 46.4. The Balaban J connectivity index is 1.02. The van der Waals surface area contributed by atoms with Gasteiger partial charge in [0.1, 0.15) is 19.4 Å². The van der Waals surface area contributed by atoms with Crippen LogP contribution in [0.4, 0.5) is 0 Å². The van der Waals surface area contributed by atoms with Gasteiger partial charge in [-0.05, 0) is 120 Å². The number of ether oxygens (including phenoxy) is 1. The molecule has 0 saturated heterocycles. The maximum Gasteiger partial charge on any atom is 0.139 e. The number of fused-ring (bicyclic) bond motifs is 4. The van der Waals surface area contributed by atoms with Gasteiger partial charge in [-0.15, -0.1) is 0 Å². The van der Waals surface area contributed by atoms with Gasteiger partial charge in [-0.25, -0.2) is 0 Å². The van der Waals surface area contributed by atoms with Crippen molar-refractivity contribution in [3.63, 3.8) is 0 Å². The third kappa shape index (κ3) is 6.91. The van der Waals surface area contributed by atoms with Crippen LogP contribution in [0.5, 0.6) is 5.75 Å². The van der Waals surface area contributed by atoms with E-state index in [9.17, 15) is 0 Å². The van der Waals surface area contributed by atoms with Crippen LogP contribution >= 0.6 is 0 Å². The molecular formula is C54H43BO. The Bertz CT molecular complexity index is 2820. The molecule has 1 aliphatic heterocycles. The topological polar surface area (TPSA) is 9.23 Å². The van der Waals surface area contributed by atoms with Gasteiger partial charge in [-0.2, -0.15) is 0 Å². The van der Waals surface area contributed by atoms with Crippen LogP contribution in [0.1, 0.15) is 34.2 Å². The normalized spacial score (nSPS) is 15.4. The fourth-order valence-corrected chi connectivity index (χ4v) is 8.32. The van der Waals surface area contributed by atoms with Crippen molar-refractivity contribution in [1.29, 1.82) is 0 Å². The van der Waals surface area contributed by atoms with Crippen molar-refractivity contribution in [1.82, 2.24) is 0 Å². The summed E-state index contributed by atoms with van der Waals surface area (Å²) in [6.07, 6.45) is 22.2. The highest BCUT2D eigenvalue weighted by Gasteiger charge is 2.19. The number of hydrogen-bond acceptors (Lipinski definition) is 1. The van der Waals surface area contributed by atoms with Gasteiger partial charge in [0.25, 0.3) is 0 Å². The Morgan fingerprint density at radius 3 is 2.25 bits per heavy atom. The van der Waals surface area contributed by atoms with Crippen LogP contribution in [0, 0.1) is 6.92 Å². The Morgan fingerprint density at radius 2 is 1.50 bits per heavy atom. The Hall–Kier alpha value is -6.64. The lowest BCUT2D eigenvalue weighted by molar-refractivity contribution is 0.447. The second kappa shape index (κ2) is 15.2. The molecular weight excluding hydrogens is 675 g/mol. The molecule has 268 valence electrons. The fraction of sp³-hybridized carbons (Fsp3) is 0.0741. The summed E-state index contributed by atoms with van der Waals surface area (Å²) < 4.78 is 6.28. The SMILES string of the molecule is Bc1ccc(C(/C=C\C(=C)c2c3ccccc3c(-c3cccc(C/C=C\C=C4/Cc5cc6cccc(C)c6cc5O4)c3)c3ccccc23)=C2\C=CC=CC2)cc1. The van der Waals surface area contributed by atoms with Crippen LogP contribution in [-0.2, 0) is 12.8 Å². The average Bonchev–Trinajstić information content (AvgIpc) is 3.63. The molecule has 1 nitrogen and oxygen atoms in total. The first-order chi connectivity index (χ1) is 27.5. The largest absolute Gasteiger partial charge is 0.461 e. The summed E-state index contributed by atoms with van der Waals surface area (Å²) in [7, 11) is 2.14. The lowest BCUT2D eigenvalue weighted by Gasteiger charge is -2.18. The zero-order chi connectivity index (χ0) is 38.0. The standard InChI is InChI=1S/C54H43BO/c1-36-14-12-19-41-33-43-34-45(56-52(43)35-51(36)41)21-7-6-15-38-16-13-20-42(32-38)54-49-24-10-8-22-47(49)53(48-23-9-11-25-50(48)54)37(2)26-31-46(39-17-4-3-5-18-39)40-27-29-44(55)30-28-40/h3-14,16-17,19-33,35H,2,15,18,34,55H2,1H3/b7-6-,31-26-,45-21+,46-39+. The molecule has 2 aliphatic rings. The van der Waals surface area contributed by atoms with E-state index >= 15 is 0 Å². The highest BCUT2D eigenvalue weighted by Crippen LogP contribution is 2.42. The van der Waals surface area contributed by atoms with E-state index in [1.165, 1.54) is 87.9 Å². The number of rotatable bonds is 8. The van der Waals surface area contributed by atoms with E-state index in [0.717, 1.165) is 36.3 Å². The maximum atomic E-state index is 6.28. The van der Waals surface area contributed by atoms with Gasteiger partial charge in [0.15, 0.2) is 0 Å². The molecule has 0 unspecified atom stereocenters. The van der Waals surface area contributed by atoms with E-state index in [2.05, 4.69) is 197 Å². The van der Waals surface area contributed by atoms with E-state index in [-0.39, 0.29) is 0 Å². The third-order valence-corrected chi connectivity index (χ3v) is 11.2. The van der Waals surface area contributed by atoms with Crippen molar-refractivity contribution in [2.45, 2.75) is 26.2 Å². The Kier molecular flexibility index (Phi) is 9.55. The number of benzene rings is 7. The van der Waals surface area contributed by atoms with Gasteiger partial charge < -0.3 is 4.74 Å². The van der Waals surface area contributed by atoms with Crippen molar-refractivity contribution >= 4 is 56.8 Å². The molecule has 56 heavy (non-hydrogen) atoms. The average molecular weight is 719 g/mol. The summed E-state index contributed by atoms with van der Waals surface area (Å²) in [6.45, 7) is 6.86. The van der Waals surface area contributed by atoms with Crippen LogP contribution in [0.15, 0.2) is 200 Å². The summed E-state index contributed by atoms with van der Waals surface area (Å²) in [5.41, 5.74) is 13.4. The zero-order valence-corrected chi connectivity index (χ0v) is 32.1. The molecule has 0 bridgehead atoms. The minimum Gasteiger partial charge on any atom is -0.461 e. The third-order valence-electron chi connectivity index (χ3n) is 11.2. The molecule has 0 fully saturated rings. The molecule has 9 rings (SSSR count). The monoisotopic (exact) mass is 718 g/mol. The molecule has 1 heterocycles. The lowest BCUT2D eigenvalue weighted by atomic mass is 9.85. The number of allylic oxidation sites excluding steroid dienone is 13. The molecule has 0 aromatic heterocycles. The van der Waals surface area contributed by atoms with Crippen molar-refractivity contribution in [2.24, 2.45) is 0 Å². The first-order valence-electron chi connectivity index (χ1n) is 19.6. The van der Waals surface area contributed by atoms with Gasteiger partial charge in [-0.1, -0.05) is 176 Å². The zero-order valence-electron chi connectivity index (χ0n) is 32.1. The minimum atomic E-state index is 0.817. The van der Waals surface area contributed by atoms with Crippen molar-refractivity contribution in [3.8, 4) is 16.9 Å². The number of aryl methyl sites for hydroxylation is 1. The highest BCUT2D eigenvalue weighted by atomic mass is 16.5. The Labute approximate surface area is 331 Å². The lowest BCUT2D eigenvalue weighted by Crippen LogP contribution is -2.00. The van der Waals surface area contributed by atoms with Gasteiger partial charge in [0, 0.05) is 12.0 Å². The van der Waals surface area contributed by atoms with Crippen molar-refractivity contribution < 1.29 is 4.74 Å². The van der Waals surface area contributed by atoms with Crippen molar-refractivity contribution in [3.05, 3.63) is 228 Å². The van der Waals surface area contributed by atoms with Gasteiger partial charge in [-0.3, -0.25) is 0 Å². The summed E-state index contributed by atoms with van der Waals surface area (Å²) in [5.74, 6) is 1.96. The molecule has 0 saturated carbocycles. The molecule has 1 aliphatic carbocycles. The molecule has 0 N–H and O–H groups in total. The molecule has 7 aromatic carbocycles. The van der Waals surface area contributed by atoms with Crippen LogP contribution in [0.3, 0.4) is 0 Å². The molecule has 0 radical (unpaired) electrons. The van der Waals surface area contributed by atoms with E-state index in [4.69, 9.17) is 11.3 Å². The van der Waals surface area contributed by atoms with E-state index < -0.39 is 0 Å². The fourth-order valence-electron chi connectivity index (χ4n) is 8.32. The summed E-state index contributed by atoms with van der Waals surface area (Å²) in [5, 5.41) is 7.40. The summed E-state index contributed by atoms with van der Waals surface area (Å²) in [4.78, 5) is 0. The Morgan fingerprint density at radius 1 is 0.750 bits per heavy atom. The van der Waals surface area contributed by atoms with Gasteiger partial charge in [0.05, 0.1) is 0 Å². The van der Waals surface area contributed by atoms with Crippen LogP contribution < -0.4 is 10.2 Å². The molecule has 0 amide bonds. The smallest absolute Gasteiger partial charge is 0.139 e. The second-order valence-electron chi connectivity index (χ2n) is 15.0. The van der Waals surface area contributed by atoms with Crippen LogP contribution in [0.25, 0.3) is 54.6 Å². The first-order valence-corrected chi connectivity index (χ1v) is 19.6. The predicted molar refractivity (Wildman–Crippen MR) is 243 cm³/mol. The minimum absolute atomic E-state index is 0.817. The van der Waals surface area contributed by atoms with E-state index in [1.54, 1.807) is 0 Å². The van der Waals surface area contributed by atoms with Crippen molar-refractivity contribution in [2.75, 3.05) is 0 Å². The first kappa shape index (κ1) is 35.1. The number of hydrogen-bond donors (Lipinski definition) is 0. The molecule has 0 atom stereocenters. The van der Waals surface area contributed by atoms with Gasteiger partial charge >= 0.3 is 0 Å². The molecule has 7 aromatic rings. The predicted octanol–water partition coefficient (Wildman–Crippen LogP) is 12.5. The van der Waals surface area contributed by atoms with Crippen LogP contribution in [0.2, 0.25) is 0 Å². The quantitative estimate of drug-likeness (QED) is 0.0864.